The van der Waals surface area contributed by atoms with Gasteiger partial charge in [-0.25, -0.2) is 0 Å². The van der Waals surface area contributed by atoms with Gasteiger partial charge in [-0.05, 0) is 40.3 Å². The van der Waals surface area contributed by atoms with Crippen molar-refractivity contribution in [2.75, 3.05) is 33.7 Å². The van der Waals surface area contributed by atoms with Gasteiger partial charge in [-0.3, -0.25) is 9.59 Å². The van der Waals surface area contributed by atoms with Gasteiger partial charge in [-0.1, -0.05) is 49.7 Å². The minimum absolute atomic E-state index is 0.226. The van der Waals surface area contributed by atoms with Crippen molar-refractivity contribution in [3.05, 3.63) is 35.9 Å². The maximum absolute atomic E-state index is 10.6. The van der Waals surface area contributed by atoms with Crippen LogP contribution in [0.2, 0.25) is 0 Å². The number of hydrogen-bond acceptors (Lipinski definition) is 4. The van der Waals surface area contributed by atoms with Crippen LogP contribution in [0.15, 0.2) is 30.3 Å². The SMILES string of the molecule is CC(C)CC(C)N(C)CCN(C=O)CC(=O)O.CN.Cc1ccccc1. The van der Waals surface area contributed by atoms with Gasteiger partial charge in [0.2, 0.25) is 6.41 Å². The predicted octanol–water partition coefficient (Wildman–Crippen LogP) is 2.47. The summed E-state index contributed by atoms with van der Waals surface area (Å²) < 4.78 is 0. The molecular weight excluding hydrogens is 330 g/mol. The number of nitrogens with two attached hydrogens (primary N) is 1. The van der Waals surface area contributed by atoms with E-state index in [0.29, 0.717) is 31.5 Å². The molecule has 1 rings (SSSR count). The highest BCUT2D eigenvalue weighted by Gasteiger charge is 2.13. The molecule has 0 radical (unpaired) electrons. The van der Waals surface area contributed by atoms with Crippen LogP contribution in [0.3, 0.4) is 0 Å². The molecule has 0 heterocycles. The lowest BCUT2D eigenvalue weighted by Crippen LogP contribution is -2.39. The molecular formula is C20H37N3O3. The summed E-state index contributed by atoms with van der Waals surface area (Å²) in [4.78, 5) is 24.6. The van der Waals surface area contributed by atoms with Crippen molar-refractivity contribution >= 4 is 12.4 Å². The molecule has 0 aliphatic carbocycles. The van der Waals surface area contributed by atoms with Gasteiger partial charge in [-0.2, -0.15) is 0 Å². The van der Waals surface area contributed by atoms with E-state index in [1.54, 1.807) is 0 Å². The number of likely N-dealkylation sites (N-methyl/N-ethyl adjacent to an activating group) is 1. The van der Waals surface area contributed by atoms with Crippen LogP contribution in [0.25, 0.3) is 0 Å². The first-order valence-corrected chi connectivity index (χ1v) is 8.97. The number of hydrogen-bond donors (Lipinski definition) is 2. The fourth-order valence-electron chi connectivity index (χ4n) is 2.25. The monoisotopic (exact) mass is 367 g/mol. The quantitative estimate of drug-likeness (QED) is 0.655. The number of carboxylic acid groups (broad SMARTS) is 1. The van der Waals surface area contributed by atoms with Crippen LogP contribution < -0.4 is 5.73 Å². The number of aryl methyl sites for hydroxylation is 1. The van der Waals surface area contributed by atoms with E-state index in [0.717, 1.165) is 6.42 Å². The standard InChI is InChI=1S/C12H24N2O3.C7H8.CH5N/c1-10(2)7-11(3)13(4)5-6-14(9-15)8-12(16)17;1-7-5-3-2-4-6-7;1-2/h9-11H,5-8H2,1-4H3,(H,16,17);2-6H,1H3;2H2,1H3. The Balaban J connectivity index is 0. The first-order chi connectivity index (χ1) is 12.3. The molecule has 6 nitrogen and oxygen atoms in total. The molecule has 0 aromatic heterocycles. The zero-order valence-electron chi connectivity index (χ0n) is 17.2. The van der Waals surface area contributed by atoms with Crippen molar-refractivity contribution in [1.82, 2.24) is 9.80 Å². The average molecular weight is 368 g/mol. The molecule has 0 aliphatic heterocycles. The second-order valence-electron chi connectivity index (χ2n) is 6.58. The average Bonchev–Trinajstić information content (AvgIpc) is 2.60. The fraction of sp³-hybridized carbons (Fsp3) is 0.600. The molecule has 1 aromatic carbocycles. The lowest BCUT2D eigenvalue weighted by Gasteiger charge is -2.27. The number of carbonyl (C=O) groups is 2. The number of rotatable bonds is 9. The van der Waals surface area contributed by atoms with Crippen LogP contribution in [0.1, 0.15) is 32.8 Å². The third kappa shape index (κ3) is 15.6. The Hall–Kier alpha value is -1.92. The molecule has 0 aliphatic rings. The minimum atomic E-state index is -0.977. The Morgan fingerprint density at radius 1 is 1.15 bits per heavy atom. The van der Waals surface area contributed by atoms with Crippen molar-refractivity contribution in [2.24, 2.45) is 11.7 Å². The normalized spacial score (nSPS) is 11.0. The Bertz CT molecular complexity index is 467. The van der Waals surface area contributed by atoms with Gasteiger partial charge >= 0.3 is 5.97 Å². The van der Waals surface area contributed by atoms with Crippen molar-refractivity contribution in [3.8, 4) is 0 Å². The summed E-state index contributed by atoms with van der Waals surface area (Å²) >= 11 is 0. The zero-order valence-corrected chi connectivity index (χ0v) is 17.2. The molecule has 0 bridgehead atoms. The number of carboxylic acids is 1. The Labute approximate surface area is 159 Å². The topological polar surface area (TPSA) is 86.9 Å². The van der Waals surface area contributed by atoms with Gasteiger partial charge in [0.1, 0.15) is 6.54 Å². The van der Waals surface area contributed by atoms with Crippen molar-refractivity contribution in [2.45, 2.75) is 40.2 Å². The Morgan fingerprint density at radius 3 is 2.04 bits per heavy atom. The van der Waals surface area contributed by atoms with E-state index < -0.39 is 5.97 Å². The van der Waals surface area contributed by atoms with E-state index in [-0.39, 0.29) is 6.54 Å². The maximum Gasteiger partial charge on any atom is 0.323 e. The summed E-state index contributed by atoms with van der Waals surface area (Å²) in [7, 11) is 3.50. The van der Waals surface area contributed by atoms with Crippen LogP contribution in [0.5, 0.6) is 0 Å². The summed E-state index contributed by atoms with van der Waals surface area (Å²) in [6, 6.07) is 10.7. The maximum atomic E-state index is 10.6. The van der Waals surface area contributed by atoms with E-state index in [4.69, 9.17) is 5.11 Å². The summed E-state index contributed by atoms with van der Waals surface area (Å²) in [5.74, 6) is -0.344. The molecule has 6 heteroatoms. The van der Waals surface area contributed by atoms with Gasteiger partial charge in [0.05, 0.1) is 0 Å². The minimum Gasteiger partial charge on any atom is -0.480 e. The van der Waals surface area contributed by atoms with E-state index in [9.17, 15) is 9.59 Å². The third-order valence-corrected chi connectivity index (χ3v) is 3.73. The number of amides is 1. The second kappa shape index (κ2) is 16.5. The zero-order chi connectivity index (χ0) is 20.5. The molecule has 150 valence electrons. The molecule has 1 aromatic rings. The van der Waals surface area contributed by atoms with E-state index in [1.165, 1.54) is 17.5 Å². The molecule has 0 saturated carbocycles. The van der Waals surface area contributed by atoms with Crippen molar-refractivity contribution in [1.29, 1.82) is 0 Å². The van der Waals surface area contributed by atoms with Gasteiger partial charge in [0.15, 0.2) is 0 Å². The Morgan fingerprint density at radius 2 is 1.69 bits per heavy atom. The number of aliphatic carboxylic acids is 1. The summed E-state index contributed by atoms with van der Waals surface area (Å²) in [5.41, 5.74) is 5.82. The van der Waals surface area contributed by atoms with Crippen molar-refractivity contribution in [3.63, 3.8) is 0 Å². The first-order valence-electron chi connectivity index (χ1n) is 8.97. The third-order valence-electron chi connectivity index (χ3n) is 3.73. The fourth-order valence-corrected chi connectivity index (χ4v) is 2.25. The van der Waals surface area contributed by atoms with Gasteiger partial charge in [0.25, 0.3) is 0 Å². The van der Waals surface area contributed by atoms with E-state index in [1.807, 2.05) is 25.2 Å². The van der Waals surface area contributed by atoms with Gasteiger partial charge in [-0.15, -0.1) is 0 Å². The number of benzene rings is 1. The highest BCUT2D eigenvalue weighted by atomic mass is 16.4. The molecule has 26 heavy (non-hydrogen) atoms. The lowest BCUT2D eigenvalue weighted by molar-refractivity contribution is -0.140. The largest absolute Gasteiger partial charge is 0.480 e. The summed E-state index contributed by atoms with van der Waals surface area (Å²) in [6.07, 6.45) is 1.69. The molecule has 0 spiro atoms. The van der Waals surface area contributed by atoms with Crippen LogP contribution in [-0.4, -0.2) is 67.1 Å². The van der Waals surface area contributed by atoms with Crippen LogP contribution >= 0.6 is 0 Å². The van der Waals surface area contributed by atoms with E-state index >= 15 is 0 Å². The van der Waals surface area contributed by atoms with Crippen LogP contribution in [0.4, 0.5) is 0 Å². The van der Waals surface area contributed by atoms with Gasteiger partial charge < -0.3 is 20.6 Å². The van der Waals surface area contributed by atoms with Crippen LogP contribution in [0, 0.1) is 12.8 Å². The van der Waals surface area contributed by atoms with E-state index in [2.05, 4.69) is 50.5 Å². The molecule has 1 unspecified atom stereocenters. The highest BCUT2D eigenvalue weighted by Crippen LogP contribution is 2.09. The smallest absolute Gasteiger partial charge is 0.323 e. The Kier molecular flexibility index (Phi) is 16.7. The molecule has 1 atom stereocenters. The second-order valence-corrected chi connectivity index (χ2v) is 6.58. The molecule has 1 amide bonds. The van der Waals surface area contributed by atoms with Gasteiger partial charge in [0, 0.05) is 19.1 Å². The first kappa shape index (κ1) is 26.3. The summed E-state index contributed by atoms with van der Waals surface area (Å²) in [5, 5.41) is 8.59. The number of carbonyl (C=O) groups excluding carboxylic acids is 1. The molecule has 0 fully saturated rings. The number of nitrogens with zero attached hydrogens (tertiary/aromatic N) is 2. The molecule has 3 N–H and O–H groups in total. The van der Waals surface area contributed by atoms with Crippen molar-refractivity contribution < 1.29 is 14.7 Å². The van der Waals surface area contributed by atoms with Crippen LogP contribution in [-0.2, 0) is 9.59 Å². The highest BCUT2D eigenvalue weighted by molar-refractivity contribution is 5.71. The predicted molar refractivity (Wildman–Crippen MR) is 108 cm³/mol. The lowest BCUT2D eigenvalue weighted by atomic mass is 10.0. The summed E-state index contributed by atoms with van der Waals surface area (Å²) in [6.45, 7) is 9.49. The molecule has 0 saturated heterocycles.